The highest BCUT2D eigenvalue weighted by molar-refractivity contribution is 6.30. The number of amides is 3. The molecule has 0 unspecified atom stereocenters. The summed E-state index contributed by atoms with van der Waals surface area (Å²) >= 11 is 5.78. The Bertz CT molecular complexity index is 789. The molecule has 0 aliphatic carbocycles. The average molecular weight is 388 g/mol. The fourth-order valence-corrected chi connectivity index (χ4v) is 2.43. The molecule has 0 saturated heterocycles. The Labute approximate surface area is 163 Å². The summed E-state index contributed by atoms with van der Waals surface area (Å²) in [4.78, 5) is 35.6. The Hall–Kier alpha value is -2.86. The number of hydrogen-bond donors (Lipinski definition) is 3. The van der Waals surface area contributed by atoms with Crippen LogP contribution in [-0.4, -0.2) is 24.3 Å². The molecule has 7 heteroatoms. The standard InChI is InChI=1S/C20H22ClN3O3/c1-2-14-5-7-16(8-6-14)20(27)24-23-18(25)4-3-13-22-19(26)15-9-11-17(21)12-10-15/h5-12H,2-4,13H2,1H3,(H,22,26)(H,23,25)(H,24,27). The predicted molar refractivity (Wildman–Crippen MR) is 104 cm³/mol. The molecule has 0 bridgehead atoms. The fraction of sp³-hybridized carbons (Fsp3) is 0.250. The molecule has 2 aromatic rings. The normalized spacial score (nSPS) is 10.1. The van der Waals surface area contributed by atoms with Gasteiger partial charge in [0.1, 0.15) is 0 Å². The maximum absolute atomic E-state index is 12.0. The predicted octanol–water partition coefficient (Wildman–Crippen LogP) is 2.87. The molecular formula is C20H22ClN3O3. The maximum atomic E-state index is 12.0. The molecule has 0 radical (unpaired) electrons. The number of aryl methyl sites for hydroxylation is 1. The number of carbonyl (C=O) groups is 3. The lowest BCUT2D eigenvalue weighted by Gasteiger charge is -2.08. The summed E-state index contributed by atoms with van der Waals surface area (Å²) < 4.78 is 0. The van der Waals surface area contributed by atoms with Crippen molar-refractivity contribution in [3.63, 3.8) is 0 Å². The van der Waals surface area contributed by atoms with Crippen LogP contribution < -0.4 is 16.2 Å². The van der Waals surface area contributed by atoms with Crippen molar-refractivity contribution < 1.29 is 14.4 Å². The number of hydrazine groups is 1. The average Bonchev–Trinajstić information content (AvgIpc) is 2.69. The van der Waals surface area contributed by atoms with Gasteiger partial charge < -0.3 is 5.32 Å². The third kappa shape index (κ3) is 6.75. The van der Waals surface area contributed by atoms with E-state index in [1.54, 1.807) is 36.4 Å². The van der Waals surface area contributed by atoms with E-state index in [-0.39, 0.29) is 24.1 Å². The molecule has 0 fully saturated rings. The molecule has 0 heterocycles. The van der Waals surface area contributed by atoms with Crippen LogP contribution in [0.5, 0.6) is 0 Å². The first-order chi connectivity index (χ1) is 13.0. The molecular weight excluding hydrogens is 366 g/mol. The molecule has 27 heavy (non-hydrogen) atoms. The molecule has 0 aliphatic heterocycles. The highest BCUT2D eigenvalue weighted by Gasteiger charge is 2.08. The van der Waals surface area contributed by atoms with E-state index in [4.69, 9.17) is 11.6 Å². The summed E-state index contributed by atoms with van der Waals surface area (Å²) in [6, 6.07) is 13.7. The molecule has 0 saturated carbocycles. The van der Waals surface area contributed by atoms with Crippen LogP contribution in [0.15, 0.2) is 48.5 Å². The van der Waals surface area contributed by atoms with E-state index in [1.165, 1.54) is 0 Å². The van der Waals surface area contributed by atoms with Gasteiger partial charge >= 0.3 is 0 Å². The zero-order valence-corrected chi connectivity index (χ0v) is 15.8. The van der Waals surface area contributed by atoms with Crippen LogP contribution in [0.2, 0.25) is 5.02 Å². The summed E-state index contributed by atoms with van der Waals surface area (Å²) in [5.74, 6) is -0.924. The Balaban J connectivity index is 1.64. The lowest BCUT2D eigenvalue weighted by molar-refractivity contribution is -0.121. The van der Waals surface area contributed by atoms with Gasteiger partial charge in [-0.1, -0.05) is 30.7 Å². The zero-order valence-electron chi connectivity index (χ0n) is 15.0. The molecule has 6 nitrogen and oxygen atoms in total. The van der Waals surface area contributed by atoms with E-state index in [0.717, 1.165) is 12.0 Å². The van der Waals surface area contributed by atoms with Gasteiger partial charge in [-0.15, -0.1) is 0 Å². The van der Waals surface area contributed by atoms with Crippen LogP contribution in [0.3, 0.4) is 0 Å². The van der Waals surface area contributed by atoms with Gasteiger partial charge in [0, 0.05) is 29.1 Å². The van der Waals surface area contributed by atoms with Gasteiger partial charge in [0.25, 0.3) is 11.8 Å². The van der Waals surface area contributed by atoms with E-state index in [0.29, 0.717) is 29.1 Å². The molecule has 2 rings (SSSR count). The Kier molecular flexibility index (Phi) is 7.82. The molecule has 0 aliphatic rings. The Morgan fingerprint density at radius 1 is 0.852 bits per heavy atom. The third-order valence-electron chi connectivity index (χ3n) is 3.91. The first kappa shape index (κ1) is 20.5. The molecule has 142 valence electrons. The SMILES string of the molecule is CCc1ccc(C(=O)NNC(=O)CCCNC(=O)c2ccc(Cl)cc2)cc1. The number of carbonyl (C=O) groups excluding carboxylic acids is 3. The summed E-state index contributed by atoms with van der Waals surface area (Å²) in [5, 5.41) is 3.29. The lowest BCUT2D eigenvalue weighted by Crippen LogP contribution is -2.41. The third-order valence-corrected chi connectivity index (χ3v) is 4.16. The summed E-state index contributed by atoms with van der Waals surface area (Å²) in [6.45, 7) is 2.38. The first-order valence-electron chi connectivity index (χ1n) is 8.71. The van der Waals surface area contributed by atoms with Crippen molar-refractivity contribution in [2.45, 2.75) is 26.2 Å². The van der Waals surface area contributed by atoms with Gasteiger partial charge in [-0.3, -0.25) is 25.2 Å². The van der Waals surface area contributed by atoms with E-state index in [2.05, 4.69) is 16.2 Å². The molecule has 2 aromatic carbocycles. The molecule has 0 aromatic heterocycles. The van der Waals surface area contributed by atoms with Gasteiger partial charge in [-0.05, 0) is 54.8 Å². The fourth-order valence-electron chi connectivity index (χ4n) is 2.31. The van der Waals surface area contributed by atoms with Gasteiger partial charge in [0.05, 0.1) is 0 Å². The first-order valence-corrected chi connectivity index (χ1v) is 9.09. The van der Waals surface area contributed by atoms with Crippen LogP contribution in [-0.2, 0) is 11.2 Å². The summed E-state index contributed by atoms with van der Waals surface area (Å²) in [5.41, 5.74) is 6.86. The smallest absolute Gasteiger partial charge is 0.269 e. The van der Waals surface area contributed by atoms with Crippen LogP contribution in [0.1, 0.15) is 46.0 Å². The van der Waals surface area contributed by atoms with Crippen molar-refractivity contribution in [2.75, 3.05) is 6.54 Å². The van der Waals surface area contributed by atoms with Crippen molar-refractivity contribution in [3.8, 4) is 0 Å². The zero-order chi connectivity index (χ0) is 19.6. The van der Waals surface area contributed by atoms with Gasteiger partial charge in [0.15, 0.2) is 0 Å². The second-order valence-corrected chi connectivity index (χ2v) is 6.36. The largest absolute Gasteiger partial charge is 0.352 e. The van der Waals surface area contributed by atoms with E-state index >= 15 is 0 Å². The molecule has 3 amide bonds. The number of rotatable bonds is 7. The van der Waals surface area contributed by atoms with Crippen molar-refractivity contribution in [2.24, 2.45) is 0 Å². The quantitative estimate of drug-likeness (QED) is 0.504. The summed E-state index contributed by atoms with van der Waals surface area (Å²) in [7, 11) is 0. The van der Waals surface area contributed by atoms with E-state index in [1.807, 2.05) is 19.1 Å². The topological polar surface area (TPSA) is 87.3 Å². The second-order valence-electron chi connectivity index (χ2n) is 5.92. The Morgan fingerprint density at radius 3 is 2.07 bits per heavy atom. The molecule has 0 spiro atoms. The monoisotopic (exact) mass is 387 g/mol. The second kappa shape index (κ2) is 10.3. The van der Waals surface area contributed by atoms with E-state index in [9.17, 15) is 14.4 Å². The van der Waals surface area contributed by atoms with Crippen LogP contribution in [0.25, 0.3) is 0 Å². The minimum absolute atomic E-state index is 0.177. The minimum atomic E-state index is -0.373. The minimum Gasteiger partial charge on any atom is -0.352 e. The van der Waals surface area contributed by atoms with Gasteiger partial charge in [-0.25, -0.2) is 0 Å². The molecule has 3 N–H and O–H groups in total. The highest BCUT2D eigenvalue weighted by Crippen LogP contribution is 2.09. The maximum Gasteiger partial charge on any atom is 0.269 e. The summed E-state index contributed by atoms with van der Waals surface area (Å²) in [6.07, 6.45) is 1.52. The van der Waals surface area contributed by atoms with Crippen LogP contribution in [0.4, 0.5) is 0 Å². The van der Waals surface area contributed by atoms with Gasteiger partial charge in [-0.2, -0.15) is 0 Å². The van der Waals surface area contributed by atoms with Crippen molar-refractivity contribution in [1.29, 1.82) is 0 Å². The Morgan fingerprint density at radius 2 is 1.44 bits per heavy atom. The van der Waals surface area contributed by atoms with Gasteiger partial charge in [0.2, 0.25) is 5.91 Å². The van der Waals surface area contributed by atoms with Crippen LogP contribution >= 0.6 is 11.6 Å². The highest BCUT2D eigenvalue weighted by atomic mass is 35.5. The number of hydrogen-bond acceptors (Lipinski definition) is 3. The lowest BCUT2D eigenvalue weighted by atomic mass is 10.1. The van der Waals surface area contributed by atoms with Crippen molar-refractivity contribution in [3.05, 3.63) is 70.2 Å². The van der Waals surface area contributed by atoms with Crippen LogP contribution in [0, 0.1) is 0 Å². The number of nitrogens with one attached hydrogen (secondary N) is 3. The van der Waals surface area contributed by atoms with Crippen molar-refractivity contribution in [1.82, 2.24) is 16.2 Å². The number of halogens is 1. The van der Waals surface area contributed by atoms with E-state index < -0.39 is 0 Å². The van der Waals surface area contributed by atoms with Crippen molar-refractivity contribution >= 4 is 29.3 Å². The number of benzene rings is 2. The molecule has 0 atom stereocenters.